The molecule has 116 valence electrons. The summed E-state index contributed by atoms with van der Waals surface area (Å²) in [6.07, 6.45) is 4.94. The van der Waals surface area contributed by atoms with Crippen molar-refractivity contribution in [3.63, 3.8) is 0 Å². The predicted octanol–water partition coefficient (Wildman–Crippen LogP) is 4.17. The van der Waals surface area contributed by atoms with Gasteiger partial charge in [-0.1, -0.05) is 29.3 Å². The van der Waals surface area contributed by atoms with Gasteiger partial charge in [-0.2, -0.15) is 0 Å². The molecule has 2 aliphatic rings. The summed E-state index contributed by atoms with van der Waals surface area (Å²) in [6, 6.07) is 6.09. The van der Waals surface area contributed by atoms with E-state index in [1.807, 2.05) is 19.1 Å². The van der Waals surface area contributed by atoms with Crippen molar-refractivity contribution in [2.75, 3.05) is 13.1 Å². The van der Waals surface area contributed by atoms with Gasteiger partial charge in [-0.15, -0.1) is 0 Å². The fourth-order valence-corrected chi connectivity index (χ4v) is 4.40. The van der Waals surface area contributed by atoms with E-state index in [-0.39, 0.29) is 5.41 Å². The highest BCUT2D eigenvalue weighted by Gasteiger charge is 2.46. The van der Waals surface area contributed by atoms with Gasteiger partial charge >= 0.3 is 0 Å². The van der Waals surface area contributed by atoms with Crippen LogP contribution in [0, 0.1) is 5.92 Å². The van der Waals surface area contributed by atoms with Crippen molar-refractivity contribution in [2.24, 2.45) is 5.92 Å². The Balaban J connectivity index is 1.98. The number of hydrogen-bond donors (Lipinski definition) is 2. The van der Waals surface area contributed by atoms with Crippen molar-refractivity contribution in [3.05, 3.63) is 33.8 Å². The highest BCUT2D eigenvalue weighted by molar-refractivity contribution is 6.42. The molecule has 1 aliphatic carbocycles. The summed E-state index contributed by atoms with van der Waals surface area (Å²) in [5, 5.41) is 15.1. The summed E-state index contributed by atoms with van der Waals surface area (Å²) >= 11 is 12.3. The average Bonchev–Trinajstić information content (AvgIpc) is 2.97. The molecule has 21 heavy (non-hydrogen) atoms. The molecule has 0 amide bonds. The van der Waals surface area contributed by atoms with Crippen LogP contribution in [0.5, 0.6) is 0 Å². The third-order valence-corrected chi connectivity index (χ3v) is 6.29. The Hall–Kier alpha value is -0.280. The third kappa shape index (κ3) is 2.96. The van der Waals surface area contributed by atoms with Gasteiger partial charge in [-0.25, -0.2) is 0 Å². The zero-order valence-electron chi connectivity index (χ0n) is 12.5. The molecule has 0 aromatic heterocycles. The average molecular weight is 328 g/mol. The van der Waals surface area contributed by atoms with Gasteiger partial charge < -0.3 is 10.4 Å². The maximum atomic E-state index is 10.3. The smallest absolute Gasteiger partial charge is 0.0620 e. The molecule has 1 aliphatic heterocycles. The van der Waals surface area contributed by atoms with E-state index < -0.39 is 5.60 Å². The van der Waals surface area contributed by atoms with E-state index in [1.165, 1.54) is 12.0 Å². The van der Waals surface area contributed by atoms with Gasteiger partial charge in [0.2, 0.25) is 0 Å². The summed E-state index contributed by atoms with van der Waals surface area (Å²) in [6.45, 7) is 4.10. The second kappa shape index (κ2) is 5.73. The summed E-state index contributed by atoms with van der Waals surface area (Å²) in [5.41, 5.74) is 0.896. The van der Waals surface area contributed by atoms with Crippen molar-refractivity contribution < 1.29 is 5.11 Å². The molecule has 1 saturated heterocycles. The maximum absolute atomic E-state index is 10.3. The van der Waals surface area contributed by atoms with Crippen molar-refractivity contribution >= 4 is 23.2 Å². The first kappa shape index (κ1) is 15.6. The quantitative estimate of drug-likeness (QED) is 0.854. The number of nitrogens with one attached hydrogen (secondary N) is 1. The SMILES string of the molecule is C[C@]1(O)CC[C@](c2ccc(Cl)c(Cl)c2)([C@H]2CCNC2)CC1. The molecule has 2 N–H and O–H groups in total. The van der Waals surface area contributed by atoms with E-state index in [2.05, 4.69) is 11.4 Å². The van der Waals surface area contributed by atoms with Crippen LogP contribution in [0.25, 0.3) is 0 Å². The lowest BCUT2D eigenvalue weighted by Crippen LogP contribution is -2.44. The van der Waals surface area contributed by atoms with Crippen LogP contribution in [0.4, 0.5) is 0 Å². The summed E-state index contributed by atoms with van der Waals surface area (Å²) in [4.78, 5) is 0. The lowest BCUT2D eigenvalue weighted by atomic mass is 9.59. The van der Waals surface area contributed by atoms with Gasteiger partial charge in [0.05, 0.1) is 15.6 Å². The Morgan fingerprint density at radius 1 is 1.14 bits per heavy atom. The fourth-order valence-electron chi connectivity index (χ4n) is 4.10. The molecule has 1 saturated carbocycles. The van der Waals surface area contributed by atoms with E-state index >= 15 is 0 Å². The van der Waals surface area contributed by atoms with E-state index in [4.69, 9.17) is 23.2 Å². The van der Waals surface area contributed by atoms with Crippen molar-refractivity contribution in [1.29, 1.82) is 0 Å². The zero-order valence-corrected chi connectivity index (χ0v) is 14.0. The van der Waals surface area contributed by atoms with E-state index in [9.17, 15) is 5.11 Å². The molecule has 2 nitrogen and oxygen atoms in total. The largest absolute Gasteiger partial charge is 0.390 e. The highest BCUT2D eigenvalue weighted by Crippen LogP contribution is 2.50. The topological polar surface area (TPSA) is 32.3 Å². The lowest BCUT2D eigenvalue weighted by Gasteiger charge is -2.47. The lowest BCUT2D eigenvalue weighted by molar-refractivity contribution is -0.0105. The zero-order chi connectivity index (χ0) is 15.1. The Labute approximate surface area is 136 Å². The second-order valence-electron chi connectivity index (χ2n) is 6.97. The van der Waals surface area contributed by atoms with Crippen LogP contribution in [-0.4, -0.2) is 23.8 Å². The second-order valence-corrected chi connectivity index (χ2v) is 7.79. The maximum Gasteiger partial charge on any atom is 0.0620 e. The van der Waals surface area contributed by atoms with Crippen LogP contribution in [0.2, 0.25) is 10.0 Å². The van der Waals surface area contributed by atoms with Gasteiger partial charge in [0.15, 0.2) is 0 Å². The number of halogens is 2. The number of rotatable bonds is 2. The molecule has 1 aromatic carbocycles. The van der Waals surface area contributed by atoms with E-state index in [0.717, 1.165) is 38.8 Å². The van der Waals surface area contributed by atoms with E-state index in [1.54, 1.807) is 0 Å². The van der Waals surface area contributed by atoms with E-state index in [0.29, 0.717) is 16.0 Å². The molecular formula is C17H23Cl2NO. The van der Waals surface area contributed by atoms with Crippen LogP contribution in [-0.2, 0) is 5.41 Å². The highest BCUT2D eigenvalue weighted by atomic mass is 35.5. The van der Waals surface area contributed by atoms with Gasteiger partial charge in [-0.05, 0) is 81.1 Å². The van der Waals surface area contributed by atoms with Crippen LogP contribution < -0.4 is 5.32 Å². The summed E-state index contributed by atoms with van der Waals surface area (Å²) in [5.74, 6) is 0.617. The van der Waals surface area contributed by atoms with Gasteiger partial charge in [-0.3, -0.25) is 0 Å². The van der Waals surface area contributed by atoms with Gasteiger partial charge in [0.1, 0.15) is 0 Å². The molecule has 0 spiro atoms. The molecule has 4 heteroatoms. The number of hydrogen-bond acceptors (Lipinski definition) is 2. The predicted molar refractivity (Wildman–Crippen MR) is 88.2 cm³/mol. The molecular weight excluding hydrogens is 305 g/mol. The van der Waals surface area contributed by atoms with Crippen LogP contribution >= 0.6 is 23.2 Å². The Bertz CT molecular complexity index is 514. The molecule has 0 bridgehead atoms. The number of benzene rings is 1. The van der Waals surface area contributed by atoms with Crippen molar-refractivity contribution in [1.82, 2.24) is 5.32 Å². The van der Waals surface area contributed by atoms with Crippen LogP contribution in [0.1, 0.15) is 44.6 Å². The molecule has 0 unspecified atom stereocenters. The van der Waals surface area contributed by atoms with Gasteiger partial charge in [0, 0.05) is 0 Å². The fraction of sp³-hybridized carbons (Fsp3) is 0.647. The summed E-state index contributed by atoms with van der Waals surface area (Å²) in [7, 11) is 0. The minimum atomic E-state index is -0.522. The first-order chi connectivity index (χ1) is 9.93. The van der Waals surface area contributed by atoms with Crippen molar-refractivity contribution in [3.8, 4) is 0 Å². The first-order valence-corrected chi connectivity index (χ1v) is 8.57. The van der Waals surface area contributed by atoms with Gasteiger partial charge in [0.25, 0.3) is 0 Å². The molecule has 0 radical (unpaired) electrons. The molecule has 3 rings (SSSR count). The normalized spacial score (nSPS) is 36.9. The van der Waals surface area contributed by atoms with Crippen LogP contribution in [0.3, 0.4) is 0 Å². The summed E-state index contributed by atoms with van der Waals surface area (Å²) < 4.78 is 0. The number of aliphatic hydroxyl groups is 1. The monoisotopic (exact) mass is 327 g/mol. The standard InChI is InChI=1S/C17H23Cl2NO/c1-16(21)5-7-17(8-6-16,13-4-9-20-11-13)12-2-3-14(18)15(19)10-12/h2-3,10,13,20-21H,4-9,11H2,1H3/t13-,16-,17-/m0/s1. The Morgan fingerprint density at radius 2 is 1.86 bits per heavy atom. The Morgan fingerprint density at radius 3 is 2.43 bits per heavy atom. The molecule has 1 aromatic rings. The Kier molecular flexibility index (Phi) is 4.26. The minimum Gasteiger partial charge on any atom is -0.390 e. The minimum absolute atomic E-state index is 0.125. The molecule has 2 fully saturated rings. The van der Waals surface area contributed by atoms with Crippen molar-refractivity contribution in [2.45, 2.75) is 50.0 Å². The van der Waals surface area contributed by atoms with Crippen LogP contribution in [0.15, 0.2) is 18.2 Å². The molecule has 1 heterocycles. The molecule has 1 atom stereocenters. The third-order valence-electron chi connectivity index (χ3n) is 5.56. The first-order valence-electron chi connectivity index (χ1n) is 7.82.